The predicted molar refractivity (Wildman–Crippen MR) is 87.4 cm³/mol. The molecule has 2 aromatic heterocycles. The largest absolute Gasteiger partial charge is 0.472 e. The minimum absolute atomic E-state index is 0.0264. The number of nitrogens with zero attached hydrogens (tertiary/aromatic N) is 3. The lowest BCUT2D eigenvalue weighted by Crippen LogP contribution is -2.36. The summed E-state index contributed by atoms with van der Waals surface area (Å²) in [6, 6.07) is 5.86. The van der Waals surface area contributed by atoms with Gasteiger partial charge in [-0.15, -0.1) is 0 Å². The summed E-state index contributed by atoms with van der Waals surface area (Å²) < 4.78 is 5.05. The van der Waals surface area contributed by atoms with Crippen molar-refractivity contribution in [3.8, 4) is 0 Å². The summed E-state index contributed by atoms with van der Waals surface area (Å²) in [5, 5.41) is 0. The van der Waals surface area contributed by atoms with Gasteiger partial charge in [-0.05, 0) is 37.8 Å². The first-order valence-corrected chi connectivity index (χ1v) is 8.23. The van der Waals surface area contributed by atoms with Gasteiger partial charge in [0.15, 0.2) is 0 Å². The Balaban J connectivity index is 1.62. The van der Waals surface area contributed by atoms with Gasteiger partial charge in [0.1, 0.15) is 12.1 Å². The van der Waals surface area contributed by atoms with E-state index in [9.17, 15) is 4.79 Å². The molecule has 2 aliphatic rings. The molecule has 0 unspecified atom stereocenters. The molecule has 0 radical (unpaired) electrons. The first kappa shape index (κ1) is 14.3. The highest BCUT2D eigenvalue weighted by Gasteiger charge is 2.29. The molecule has 0 atom stereocenters. The van der Waals surface area contributed by atoms with Gasteiger partial charge < -0.3 is 14.2 Å². The van der Waals surface area contributed by atoms with Crippen molar-refractivity contribution in [1.82, 2.24) is 9.88 Å². The smallest absolute Gasteiger partial charge is 0.257 e. The van der Waals surface area contributed by atoms with Gasteiger partial charge in [0.25, 0.3) is 5.91 Å². The number of hydrogen-bond donors (Lipinski definition) is 0. The van der Waals surface area contributed by atoms with E-state index in [0.717, 1.165) is 36.1 Å². The first-order valence-electron chi connectivity index (χ1n) is 8.23. The van der Waals surface area contributed by atoms with Gasteiger partial charge in [-0.1, -0.05) is 6.07 Å². The van der Waals surface area contributed by atoms with Gasteiger partial charge in [0.2, 0.25) is 0 Å². The molecule has 0 aromatic carbocycles. The molecule has 0 spiro atoms. The normalized spacial score (nSPS) is 17.8. The zero-order valence-corrected chi connectivity index (χ0v) is 13.4. The molecule has 3 heterocycles. The maximum atomic E-state index is 12.7. The maximum absolute atomic E-state index is 12.7. The fraction of sp³-hybridized carbons (Fsp3) is 0.444. The number of pyridine rings is 1. The molecule has 2 aromatic rings. The van der Waals surface area contributed by atoms with Crippen molar-refractivity contribution >= 4 is 11.7 Å². The van der Waals surface area contributed by atoms with Crippen LogP contribution in [0.1, 0.15) is 34.5 Å². The van der Waals surface area contributed by atoms with E-state index in [1.807, 2.05) is 17.9 Å². The number of fused-ring (bicyclic) bond motifs is 1. The summed E-state index contributed by atoms with van der Waals surface area (Å²) in [5.74, 6) is 1.87. The van der Waals surface area contributed by atoms with Crippen LogP contribution in [0.5, 0.6) is 0 Å². The molecule has 4 rings (SSSR count). The van der Waals surface area contributed by atoms with Crippen LogP contribution in [-0.4, -0.2) is 35.4 Å². The van der Waals surface area contributed by atoms with Crippen molar-refractivity contribution in [3.05, 3.63) is 47.5 Å². The van der Waals surface area contributed by atoms with Crippen LogP contribution in [0.3, 0.4) is 0 Å². The lowest BCUT2D eigenvalue weighted by atomic mass is 10.2. The van der Waals surface area contributed by atoms with E-state index in [1.54, 1.807) is 12.3 Å². The summed E-state index contributed by atoms with van der Waals surface area (Å²) in [5.41, 5.74) is 2.77. The Morgan fingerprint density at radius 1 is 1.30 bits per heavy atom. The number of anilines is 1. The zero-order chi connectivity index (χ0) is 15.8. The number of rotatable bonds is 3. The average molecular weight is 311 g/mol. The standard InChI is InChI=1S/C18H21N3O2/c1-13-2-5-15-11-21(18(22)16-6-9-23-12-16)8-7-20(17(15)19-13)10-14-3-4-14/h2,5-6,9,12,14H,3-4,7-8,10-11H2,1H3. The van der Waals surface area contributed by atoms with Gasteiger partial charge >= 0.3 is 0 Å². The fourth-order valence-corrected chi connectivity index (χ4v) is 3.13. The van der Waals surface area contributed by atoms with Crippen molar-refractivity contribution in [2.24, 2.45) is 5.92 Å². The van der Waals surface area contributed by atoms with Gasteiger partial charge in [0, 0.05) is 37.4 Å². The molecule has 1 fully saturated rings. The third-order valence-corrected chi connectivity index (χ3v) is 4.63. The van der Waals surface area contributed by atoms with Crippen LogP contribution >= 0.6 is 0 Å². The molecule has 5 heteroatoms. The Kier molecular flexibility index (Phi) is 3.56. The molecule has 0 bridgehead atoms. The maximum Gasteiger partial charge on any atom is 0.257 e. The number of hydrogen-bond acceptors (Lipinski definition) is 4. The predicted octanol–water partition coefficient (Wildman–Crippen LogP) is 2.86. The second kappa shape index (κ2) is 5.72. The molecule has 120 valence electrons. The number of carbonyl (C=O) groups excluding carboxylic acids is 1. The second-order valence-corrected chi connectivity index (χ2v) is 6.56. The topological polar surface area (TPSA) is 49.6 Å². The van der Waals surface area contributed by atoms with Gasteiger partial charge in [-0.3, -0.25) is 4.79 Å². The molecule has 1 saturated carbocycles. The van der Waals surface area contributed by atoms with Gasteiger partial charge in [-0.25, -0.2) is 4.98 Å². The van der Waals surface area contributed by atoms with Crippen LogP contribution in [0, 0.1) is 12.8 Å². The Bertz CT molecular complexity index is 707. The molecular weight excluding hydrogens is 290 g/mol. The fourth-order valence-electron chi connectivity index (χ4n) is 3.13. The minimum Gasteiger partial charge on any atom is -0.472 e. The first-order chi connectivity index (χ1) is 11.2. The van der Waals surface area contributed by atoms with E-state index in [0.29, 0.717) is 18.7 Å². The number of furan rings is 1. The molecule has 23 heavy (non-hydrogen) atoms. The minimum atomic E-state index is 0.0264. The molecule has 0 N–H and O–H groups in total. The van der Waals surface area contributed by atoms with Crippen LogP contribution < -0.4 is 4.90 Å². The summed E-state index contributed by atoms with van der Waals surface area (Å²) in [4.78, 5) is 21.7. The van der Waals surface area contributed by atoms with Crippen molar-refractivity contribution in [3.63, 3.8) is 0 Å². The van der Waals surface area contributed by atoms with Crippen LogP contribution in [0.2, 0.25) is 0 Å². The van der Waals surface area contributed by atoms with Crippen LogP contribution in [0.4, 0.5) is 5.82 Å². The lowest BCUT2D eigenvalue weighted by molar-refractivity contribution is 0.0750. The third-order valence-electron chi connectivity index (χ3n) is 4.63. The second-order valence-electron chi connectivity index (χ2n) is 6.56. The monoisotopic (exact) mass is 311 g/mol. The van der Waals surface area contributed by atoms with Crippen molar-refractivity contribution in [1.29, 1.82) is 0 Å². The number of carbonyl (C=O) groups is 1. The Morgan fingerprint density at radius 3 is 2.91 bits per heavy atom. The van der Waals surface area contributed by atoms with Gasteiger partial charge in [0.05, 0.1) is 11.8 Å². The van der Waals surface area contributed by atoms with E-state index in [2.05, 4.69) is 11.0 Å². The van der Waals surface area contributed by atoms with E-state index in [1.165, 1.54) is 19.1 Å². The van der Waals surface area contributed by atoms with Crippen LogP contribution in [0.15, 0.2) is 35.1 Å². The van der Waals surface area contributed by atoms with Gasteiger partial charge in [-0.2, -0.15) is 0 Å². The third kappa shape index (κ3) is 2.96. The van der Waals surface area contributed by atoms with Crippen molar-refractivity contribution in [2.45, 2.75) is 26.3 Å². The Labute approximate surface area is 135 Å². The molecule has 1 aliphatic carbocycles. The Morgan fingerprint density at radius 2 is 2.17 bits per heavy atom. The quantitative estimate of drug-likeness (QED) is 0.874. The highest BCUT2D eigenvalue weighted by Crippen LogP contribution is 2.33. The highest BCUT2D eigenvalue weighted by molar-refractivity contribution is 5.94. The summed E-state index contributed by atoms with van der Waals surface area (Å²) in [7, 11) is 0. The SMILES string of the molecule is Cc1ccc2c(n1)N(CC1CC1)CCN(C(=O)c1ccoc1)C2. The van der Waals surface area contributed by atoms with Crippen LogP contribution in [0.25, 0.3) is 0 Å². The Hall–Kier alpha value is -2.30. The van der Waals surface area contributed by atoms with E-state index in [-0.39, 0.29) is 5.91 Å². The lowest BCUT2D eigenvalue weighted by Gasteiger charge is -2.24. The van der Waals surface area contributed by atoms with E-state index in [4.69, 9.17) is 9.40 Å². The molecular formula is C18H21N3O2. The highest BCUT2D eigenvalue weighted by atomic mass is 16.3. The molecule has 0 saturated heterocycles. The van der Waals surface area contributed by atoms with Crippen LogP contribution in [-0.2, 0) is 6.54 Å². The molecule has 1 amide bonds. The van der Waals surface area contributed by atoms with Crippen molar-refractivity contribution < 1.29 is 9.21 Å². The molecule has 1 aliphatic heterocycles. The van der Waals surface area contributed by atoms with E-state index < -0.39 is 0 Å². The van der Waals surface area contributed by atoms with Crippen molar-refractivity contribution in [2.75, 3.05) is 24.5 Å². The number of aromatic nitrogens is 1. The average Bonchev–Trinajstić information content (AvgIpc) is 3.24. The summed E-state index contributed by atoms with van der Waals surface area (Å²) in [6.07, 6.45) is 5.69. The van der Waals surface area contributed by atoms with E-state index >= 15 is 0 Å². The summed E-state index contributed by atoms with van der Waals surface area (Å²) in [6.45, 7) is 5.23. The molecule has 5 nitrogen and oxygen atoms in total. The number of amides is 1. The number of aryl methyl sites for hydroxylation is 1. The summed E-state index contributed by atoms with van der Waals surface area (Å²) >= 11 is 0. The zero-order valence-electron chi connectivity index (χ0n) is 13.4.